The Labute approximate surface area is 85.7 Å². The fraction of sp³-hybridized carbons (Fsp3) is 0.600. The lowest BCUT2D eigenvalue weighted by Gasteiger charge is -2.11. The lowest BCUT2D eigenvalue weighted by Crippen LogP contribution is -2.10. The van der Waals surface area contributed by atoms with Crippen molar-refractivity contribution in [1.29, 1.82) is 0 Å². The van der Waals surface area contributed by atoms with Gasteiger partial charge in [-0.25, -0.2) is 0 Å². The van der Waals surface area contributed by atoms with E-state index in [1.54, 1.807) is 19.9 Å². The second-order valence-electron chi connectivity index (χ2n) is 3.54. The molecule has 5 heteroatoms. The van der Waals surface area contributed by atoms with Gasteiger partial charge in [-0.2, -0.15) is 13.2 Å². The Balaban J connectivity index is 2.61. The molecule has 0 aliphatic rings. The Bertz CT molecular complexity index is 328. The predicted octanol–water partition coefficient (Wildman–Crippen LogP) is 3.27. The highest BCUT2D eigenvalue weighted by atomic mass is 19.4. The zero-order valence-corrected chi connectivity index (χ0v) is 8.56. The van der Waals surface area contributed by atoms with Gasteiger partial charge in [0.05, 0.1) is 6.10 Å². The third kappa shape index (κ3) is 3.58. The molecular formula is C10H13F3O2. The van der Waals surface area contributed by atoms with Gasteiger partial charge < -0.3 is 9.52 Å². The zero-order chi connectivity index (χ0) is 11.6. The van der Waals surface area contributed by atoms with Crippen molar-refractivity contribution in [2.75, 3.05) is 0 Å². The molecule has 15 heavy (non-hydrogen) atoms. The molecule has 0 bridgehead atoms. The molecule has 0 spiro atoms. The maximum absolute atomic E-state index is 11.9. The van der Waals surface area contributed by atoms with E-state index in [0.29, 0.717) is 17.1 Å². The molecule has 1 unspecified atom stereocenters. The third-order valence-electron chi connectivity index (χ3n) is 2.14. The first kappa shape index (κ1) is 12.1. The highest BCUT2D eigenvalue weighted by Crippen LogP contribution is 2.29. The Hall–Kier alpha value is -0.970. The minimum atomic E-state index is -4.23. The Morgan fingerprint density at radius 2 is 2.00 bits per heavy atom. The molecule has 0 amide bonds. The van der Waals surface area contributed by atoms with Crippen LogP contribution in [0.5, 0.6) is 0 Å². The van der Waals surface area contributed by atoms with Crippen LogP contribution in [0, 0.1) is 13.8 Å². The average Bonchev–Trinajstić information content (AvgIpc) is 2.40. The number of aliphatic hydroxyl groups is 1. The second-order valence-corrected chi connectivity index (χ2v) is 3.54. The molecule has 0 aliphatic carbocycles. The molecule has 0 radical (unpaired) electrons. The normalized spacial score (nSPS) is 14.3. The molecule has 0 saturated heterocycles. The SMILES string of the molecule is Cc1cc(C(O)CCC(F)(F)F)c(C)o1. The summed E-state index contributed by atoms with van der Waals surface area (Å²) in [6.45, 7) is 3.31. The number of rotatable bonds is 3. The average molecular weight is 222 g/mol. The molecule has 1 aromatic heterocycles. The van der Waals surface area contributed by atoms with Crippen LogP contribution in [0.4, 0.5) is 13.2 Å². The van der Waals surface area contributed by atoms with Crippen molar-refractivity contribution in [1.82, 2.24) is 0 Å². The first-order chi connectivity index (χ1) is 6.79. The summed E-state index contributed by atoms with van der Waals surface area (Å²) in [6.07, 6.45) is -6.65. The molecule has 1 atom stereocenters. The number of furan rings is 1. The second kappa shape index (κ2) is 4.26. The smallest absolute Gasteiger partial charge is 0.389 e. The van der Waals surface area contributed by atoms with Crippen LogP contribution in [0.2, 0.25) is 0 Å². The van der Waals surface area contributed by atoms with Gasteiger partial charge in [0.25, 0.3) is 0 Å². The van der Waals surface area contributed by atoms with Crippen molar-refractivity contribution in [2.45, 2.75) is 39.0 Å². The molecule has 1 rings (SSSR count). The van der Waals surface area contributed by atoms with Gasteiger partial charge in [-0.1, -0.05) is 0 Å². The summed E-state index contributed by atoms with van der Waals surface area (Å²) in [5.74, 6) is 1.07. The number of hydrogen-bond donors (Lipinski definition) is 1. The molecule has 0 aliphatic heterocycles. The lowest BCUT2D eigenvalue weighted by atomic mass is 10.1. The van der Waals surface area contributed by atoms with E-state index >= 15 is 0 Å². The minimum absolute atomic E-state index is 0.330. The Morgan fingerprint density at radius 3 is 2.40 bits per heavy atom. The van der Waals surface area contributed by atoms with Crippen LogP contribution < -0.4 is 0 Å². The van der Waals surface area contributed by atoms with Crippen LogP contribution in [0.1, 0.15) is 36.0 Å². The lowest BCUT2D eigenvalue weighted by molar-refractivity contribution is -0.140. The summed E-state index contributed by atoms with van der Waals surface area (Å²) in [7, 11) is 0. The van der Waals surface area contributed by atoms with E-state index in [9.17, 15) is 18.3 Å². The van der Waals surface area contributed by atoms with Crippen LogP contribution in [0.15, 0.2) is 10.5 Å². The molecule has 0 aromatic carbocycles. The van der Waals surface area contributed by atoms with Gasteiger partial charge in [-0.3, -0.25) is 0 Å². The molecule has 1 aromatic rings. The van der Waals surface area contributed by atoms with Crippen LogP contribution in [0.3, 0.4) is 0 Å². The van der Waals surface area contributed by atoms with E-state index in [2.05, 4.69) is 0 Å². The number of alkyl halides is 3. The number of halogens is 3. The number of aliphatic hydroxyl groups excluding tert-OH is 1. The van der Waals surface area contributed by atoms with Gasteiger partial charge in [0, 0.05) is 12.0 Å². The minimum Gasteiger partial charge on any atom is -0.466 e. The van der Waals surface area contributed by atoms with Gasteiger partial charge in [0.1, 0.15) is 11.5 Å². The molecular weight excluding hydrogens is 209 g/mol. The maximum atomic E-state index is 11.9. The molecule has 0 fully saturated rings. The largest absolute Gasteiger partial charge is 0.466 e. The van der Waals surface area contributed by atoms with Gasteiger partial charge in [0.2, 0.25) is 0 Å². The van der Waals surface area contributed by atoms with Crippen molar-refractivity contribution in [3.8, 4) is 0 Å². The van der Waals surface area contributed by atoms with Gasteiger partial charge in [-0.15, -0.1) is 0 Å². The van der Waals surface area contributed by atoms with Crippen molar-refractivity contribution in [3.05, 3.63) is 23.2 Å². The Kier molecular flexibility index (Phi) is 3.44. The molecule has 0 saturated carbocycles. The quantitative estimate of drug-likeness (QED) is 0.851. The van der Waals surface area contributed by atoms with E-state index < -0.39 is 18.7 Å². The summed E-state index contributed by atoms with van der Waals surface area (Å²) in [6, 6.07) is 1.57. The predicted molar refractivity (Wildman–Crippen MR) is 48.4 cm³/mol. The standard InChI is InChI=1S/C10H13F3O2/c1-6-5-8(7(2)15-6)9(14)3-4-10(11,12)13/h5,9,14H,3-4H2,1-2H3. The summed E-state index contributed by atoms with van der Waals surface area (Å²) in [4.78, 5) is 0. The fourth-order valence-electron chi connectivity index (χ4n) is 1.44. The zero-order valence-electron chi connectivity index (χ0n) is 8.56. The van der Waals surface area contributed by atoms with E-state index in [4.69, 9.17) is 4.42 Å². The van der Waals surface area contributed by atoms with E-state index in [0.717, 1.165) is 0 Å². The van der Waals surface area contributed by atoms with Crippen LogP contribution in [-0.2, 0) is 0 Å². The van der Waals surface area contributed by atoms with Gasteiger partial charge in [-0.05, 0) is 26.3 Å². The van der Waals surface area contributed by atoms with E-state index in [-0.39, 0.29) is 6.42 Å². The van der Waals surface area contributed by atoms with Crippen molar-refractivity contribution in [2.24, 2.45) is 0 Å². The maximum Gasteiger partial charge on any atom is 0.389 e. The summed E-state index contributed by atoms with van der Waals surface area (Å²) < 4.78 is 40.8. The van der Waals surface area contributed by atoms with Crippen LogP contribution >= 0.6 is 0 Å². The molecule has 2 nitrogen and oxygen atoms in total. The topological polar surface area (TPSA) is 33.4 Å². The monoisotopic (exact) mass is 222 g/mol. The third-order valence-corrected chi connectivity index (χ3v) is 2.14. The summed E-state index contributed by atoms with van der Waals surface area (Å²) >= 11 is 0. The molecule has 1 N–H and O–H groups in total. The number of aryl methyl sites for hydroxylation is 2. The van der Waals surface area contributed by atoms with Crippen molar-refractivity contribution >= 4 is 0 Å². The summed E-state index contributed by atoms with van der Waals surface area (Å²) in [5, 5.41) is 9.52. The van der Waals surface area contributed by atoms with Gasteiger partial charge in [0.15, 0.2) is 0 Å². The first-order valence-corrected chi connectivity index (χ1v) is 4.61. The first-order valence-electron chi connectivity index (χ1n) is 4.61. The van der Waals surface area contributed by atoms with Gasteiger partial charge >= 0.3 is 6.18 Å². The fourth-order valence-corrected chi connectivity index (χ4v) is 1.44. The highest BCUT2D eigenvalue weighted by Gasteiger charge is 2.28. The Morgan fingerprint density at radius 1 is 1.40 bits per heavy atom. The van der Waals surface area contributed by atoms with E-state index in [1.807, 2.05) is 0 Å². The van der Waals surface area contributed by atoms with Crippen LogP contribution in [-0.4, -0.2) is 11.3 Å². The highest BCUT2D eigenvalue weighted by molar-refractivity contribution is 5.22. The number of hydrogen-bond acceptors (Lipinski definition) is 2. The van der Waals surface area contributed by atoms with Crippen molar-refractivity contribution < 1.29 is 22.7 Å². The molecule has 1 heterocycles. The molecule has 86 valence electrons. The van der Waals surface area contributed by atoms with E-state index in [1.165, 1.54) is 0 Å². The summed E-state index contributed by atoms with van der Waals surface area (Å²) in [5.41, 5.74) is 0.441. The van der Waals surface area contributed by atoms with Crippen LogP contribution in [0.25, 0.3) is 0 Å². The van der Waals surface area contributed by atoms with Crippen molar-refractivity contribution in [3.63, 3.8) is 0 Å².